The molecule has 2 N–H and O–H groups in total. The minimum atomic E-state index is -0.505. The molecule has 0 spiro atoms. The molecule has 0 aliphatic carbocycles. The van der Waals surface area contributed by atoms with E-state index in [0.29, 0.717) is 16.9 Å². The van der Waals surface area contributed by atoms with Crippen LogP contribution in [0.4, 0.5) is 4.39 Å². The van der Waals surface area contributed by atoms with Crippen LogP contribution in [0.3, 0.4) is 0 Å². The number of rotatable bonds is 5. The molecule has 2 aromatic rings. The van der Waals surface area contributed by atoms with Crippen LogP contribution in [0.25, 0.3) is 0 Å². The summed E-state index contributed by atoms with van der Waals surface area (Å²) < 4.78 is 17.7. The van der Waals surface area contributed by atoms with Gasteiger partial charge in [-0.05, 0) is 37.3 Å². The summed E-state index contributed by atoms with van der Waals surface area (Å²) in [6, 6.07) is 6.56. The molecule has 1 heterocycles. The van der Waals surface area contributed by atoms with Crippen molar-refractivity contribution in [3.8, 4) is 0 Å². The maximum absolute atomic E-state index is 12.8. The molecule has 0 fully saturated rings. The van der Waals surface area contributed by atoms with Gasteiger partial charge in [0.05, 0.1) is 11.8 Å². The van der Waals surface area contributed by atoms with E-state index in [1.807, 2.05) is 0 Å². The number of benzene rings is 1. The number of aryl methyl sites for hydroxylation is 1. The maximum Gasteiger partial charge on any atom is 0.273 e. The molecule has 0 saturated heterocycles. The normalized spacial score (nSPS) is 10.2. The van der Waals surface area contributed by atoms with Crippen molar-refractivity contribution in [2.45, 2.75) is 19.8 Å². The highest BCUT2D eigenvalue weighted by Crippen LogP contribution is 2.08. The third-order valence-corrected chi connectivity index (χ3v) is 3.16. The van der Waals surface area contributed by atoms with E-state index in [4.69, 9.17) is 4.42 Å². The van der Waals surface area contributed by atoms with Gasteiger partial charge >= 0.3 is 0 Å². The number of ketones is 1. The second-order valence-corrected chi connectivity index (χ2v) is 4.82. The van der Waals surface area contributed by atoms with Crippen LogP contribution in [0, 0.1) is 12.7 Å². The number of hydrazine groups is 1. The molecule has 6 nitrogen and oxygen atoms in total. The molecule has 0 aliphatic heterocycles. The lowest BCUT2D eigenvalue weighted by atomic mass is 10.1. The highest BCUT2D eigenvalue weighted by Gasteiger charge is 2.13. The average Bonchev–Trinajstić information content (AvgIpc) is 2.97. The number of nitrogens with one attached hydrogen (secondary N) is 2. The van der Waals surface area contributed by atoms with E-state index < -0.39 is 17.6 Å². The molecule has 0 atom stereocenters. The Morgan fingerprint density at radius 1 is 1.04 bits per heavy atom. The van der Waals surface area contributed by atoms with Crippen LogP contribution in [-0.4, -0.2) is 17.6 Å². The van der Waals surface area contributed by atoms with Crippen molar-refractivity contribution in [2.75, 3.05) is 0 Å². The molecule has 23 heavy (non-hydrogen) atoms. The summed E-state index contributed by atoms with van der Waals surface area (Å²) in [5.74, 6) is -1.29. The van der Waals surface area contributed by atoms with Crippen LogP contribution in [0.1, 0.15) is 39.3 Å². The molecule has 0 saturated carbocycles. The van der Waals surface area contributed by atoms with E-state index in [0.717, 1.165) is 0 Å². The summed E-state index contributed by atoms with van der Waals surface area (Å²) in [5.41, 5.74) is 5.10. The van der Waals surface area contributed by atoms with Gasteiger partial charge in [0.15, 0.2) is 5.78 Å². The summed E-state index contributed by atoms with van der Waals surface area (Å²) in [4.78, 5) is 35.2. The van der Waals surface area contributed by atoms with Gasteiger partial charge in [-0.15, -0.1) is 0 Å². The predicted molar refractivity (Wildman–Crippen MR) is 79.0 cm³/mol. The zero-order valence-electron chi connectivity index (χ0n) is 12.4. The fourth-order valence-electron chi connectivity index (χ4n) is 1.88. The molecular formula is C16H15FN2O4. The zero-order valence-corrected chi connectivity index (χ0v) is 12.4. The van der Waals surface area contributed by atoms with Gasteiger partial charge in [-0.1, -0.05) is 0 Å². The second-order valence-electron chi connectivity index (χ2n) is 4.82. The topological polar surface area (TPSA) is 88.4 Å². The number of Topliss-reactive ketones (excluding diaryl/α,β-unsaturated/α-hetero) is 1. The first-order valence-corrected chi connectivity index (χ1v) is 6.89. The molecule has 2 amide bonds. The molecule has 1 aromatic heterocycles. The summed E-state index contributed by atoms with van der Waals surface area (Å²) in [5, 5.41) is 0. The number of carbonyl (C=O) groups excluding carboxylic acids is 3. The Balaban J connectivity index is 1.77. The molecule has 0 bridgehead atoms. The summed E-state index contributed by atoms with van der Waals surface area (Å²) in [6.07, 6.45) is 1.23. The van der Waals surface area contributed by atoms with E-state index in [-0.39, 0.29) is 18.6 Å². The lowest BCUT2D eigenvalue weighted by Gasteiger charge is -2.06. The lowest BCUT2D eigenvalue weighted by molar-refractivity contribution is -0.121. The van der Waals surface area contributed by atoms with E-state index >= 15 is 0 Å². The van der Waals surface area contributed by atoms with Gasteiger partial charge in [0, 0.05) is 18.4 Å². The number of amides is 2. The van der Waals surface area contributed by atoms with Crippen LogP contribution in [0.5, 0.6) is 0 Å². The SMILES string of the molecule is Cc1occc1C(=O)NNC(=O)CCC(=O)c1ccc(F)cc1. The van der Waals surface area contributed by atoms with Crippen LogP contribution in [0.15, 0.2) is 41.0 Å². The monoisotopic (exact) mass is 318 g/mol. The maximum atomic E-state index is 12.8. The number of carbonyl (C=O) groups is 3. The van der Waals surface area contributed by atoms with Crippen LogP contribution < -0.4 is 10.9 Å². The molecule has 0 aliphatic rings. The van der Waals surface area contributed by atoms with Gasteiger partial charge < -0.3 is 4.42 Å². The van der Waals surface area contributed by atoms with Gasteiger partial charge in [-0.25, -0.2) is 4.39 Å². The van der Waals surface area contributed by atoms with Crippen molar-refractivity contribution in [2.24, 2.45) is 0 Å². The van der Waals surface area contributed by atoms with Crippen molar-refractivity contribution in [3.63, 3.8) is 0 Å². The molecular weight excluding hydrogens is 303 g/mol. The minimum absolute atomic E-state index is 0.0436. The van der Waals surface area contributed by atoms with Crippen molar-refractivity contribution < 1.29 is 23.2 Å². The number of halogens is 1. The van der Waals surface area contributed by atoms with Crippen molar-refractivity contribution in [1.29, 1.82) is 0 Å². The van der Waals surface area contributed by atoms with E-state index in [1.54, 1.807) is 6.92 Å². The van der Waals surface area contributed by atoms with E-state index in [2.05, 4.69) is 10.9 Å². The molecule has 0 unspecified atom stereocenters. The highest BCUT2D eigenvalue weighted by atomic mass is 19.1. The first-order chi connectivity index (χ1) is 11.0. The van der Waals surface area contributed by atoms with E-state index in [1.165, 1.54) is 36.6 Å². The third-order valence-electron chi connectivity index (χ3n) is 3.16. The second kappa shape index (κ2) is 7.35. The first-order valence-electron chi connectivity index (χ1n) is 6.89. The Labute approximate surface area is 131 Å². The summed E-state index contributed by atoms with van der Waals surface area (Å²) in [6.45, 7) is 1.62. The third kappa shape index (κ3) is 4.50. The Morgan fingerprint density at radius 3 is 2.35 bits per heavy atom. The minimum Gasteiger partial charge on any atom is -0.469 e. The molecule has 1 aromatic carbocycles. The standard InChI is InChI=1S/C16H15FN2O4/c1-10-13(8-9-23-10)16(22)19-18-15(21)7-6-14(20)11-2-4-12(17)5-3-11/h2-5,8-9H,6-7H2,1H3,(H,18,21)(H,19,22). The fourth-order valence-corrected chi connectivity index (χ4v) is 1.88. The average molecular weight is 318 g/mol. The van der Waals surface area contributed by atoms with Crippen LogP contribution >= 0.6 is 0 Å². The Hall–Kier alpha value is -2.96. The Kier molecular flexibility index (Phi) is 5.24. The zero-order chi connectivity index (χ0) is 16.8. The van der Waals surface area contributed by atoms with E-state index in [9.17, 15) is 18.8 Å². The Bertz CT molecular complexity index is 722. The van der Waals surface area contributed by atoms with Crippen molar-refractivity contribution in [1.82, 2.24) is 10.9 Å². The molecule has 7 heteroatoms. The van der Waals surface area contributed by atoms with Gasteiger partial charge in [0.25, 0.3) is 5.91 Å². The van der Waals surface area contributed by atoms with Gasteiger partial charge in [-0.3, -0.25) is 25.2 Å². The number of hydrogen-bond acceptors (Lipinski definition) is 4. The quantitative estimate of drug-likeness (QED) is 0.653. The molecule has 0 radical (unpaired) electrons. The Morgan fingerprint density at radius 2 is 1.74 bits per heavy atom. The van der Waals surface area contributed by atoms with Gasteiger partial charge in [-0.2, -0.15) is 0 Å². The lowest BCUT2D eigenvalue weighted by Crippen LogP contribution is -2.41. The summed E-state index contributed by atoms with van der Waals surface area (Å²) in [7, 11) is 0. The number of furan rings is 1. The fraction of sp³-hybridized carbons (Fsp3) is 0.188. The predicted octanol–water partition coefficient (Wildman–Crippen LogP) is 2.15. The van der Waals surface area contributed by atoms with Crippen LogP contribution in [0.2, 0.25) is 0 Å². The van der Waals surface area contributed by atoms with Gasteiger partial charge in [0.2, 0.25) is 5.91 Å². The highest BCUT2D eigenvalue weighted by molar-refractivity contribution is 5.99. The van der Waals surface area contributed by atoms with Crippen molar-refractivity contribution in [3.05, 3.63) is 59.3 Å². The molecule has 2 rings (SSSR count). The molecule has 120 valence electrons. The van der Waals surface area contributed by atoms with Crippen LogP contribution in [-0.2, 0) is 4.79 Å². The largest absolute Gasteiger partial charge is 0.469 e. The summed E-state index contributed by atoms with van der Waals surface area (Å²) >= 11 is 0. The first kappa shape index (κ1) is 16.4. The van der Waals surface area contributed by atoms with Gasteiger partial charge in [0.1, 0.15) is 11.6 Å². The smallest absolute Gasteiger partial charge is 0.273 e. The number of hydrogen-bond donors (Lipinski definition) is 2. The van der Waals surface area contributed by atoms with Crippen molar-refractivity contribution >= 4 is 17.6 Å².